The van der Waals surface area contributed by atoms with Crippen LogP contribution in [0, 0.1) is 0 Å². The van der Waals surface area contributed by atoms with E-state index in [1.54, 1.807) is 45.0 Å². The third-order valence-electron chi connectivity index (χ3n) is 7.05. The molecule has 1 unspecified atom stereocenters. The van der Waals surface area contributed by atoms with Crippen molar-refractivity contribution in [3.05, 3.63) is 90.0 Å². The summed E-state index contributed by atoms with van der Waals surface area (Å²) < 4.78 is 11.2. The van der Waals surface area contributed by atoms with Crippen molar-refractivity contribution in [1.29, 1.82) is 0 Å². The molecule has 1 atom stereocenters. The Morgan fingerprint density at radius 3 is 2.20 bits per heavy atom. The maximum Gasteiger partial charge on any atom is 0.413 e. The molecule has 3 amide bonds. The van der Waals surface area contributed by atoms with Crippen LogP contribution in [0.1, 0.15) is 56.5 Å². The zero-order chi connectivity index (χ0) is 28.8. The number of ether oxygens (including phenoxy) is 2. The Labute approximate surface area is 235 Å². The van der Waals surface area contributed by atoms with Gasteiger partial charge in [-0.2, -0.15) is 0 Å². The van der Waals surface area contributed by atoms with Crippen LogP contribution >= 0.6 is 0 Å². The lowest BCUT2D eigenvalue weighted by Gasteiger charge is -2.37. The molecule has 0 saturated carbocycles. The number of unbranched alkanes of at least 4 members (excludes halogenated alkanes) is 1. The van der Waals surface area contributed by atoms with E-state index in [2.05, 4.69) is 22.8 Å². The highest BCUT2D eigenvalue weighted by Gasteiger charge is 2.56. The minimum atomic E-state index is -1.26. The van der Waals surface area contributed by atoms with Crippen molar-refractivity contribution in [2.75, 3.05) is 18.5 Å². The molecule has 0 aromatic heterocycles. The summed E-state index contributed by atoms with van der Waals surface area (Å²) in [5.74, 6) is -0.620. The number of anilines is 1. The van der Waals surface area contributed by atoms with Gasteiger partial charge >= 0.3 is 6.09 Å². The zero-order valence-corrected chi connectivity index (χ0v) is 23.5. The van der Waals surface area contributed by atoms with E-state index in [0.29, 0.717) is 17.8 Å². The van der Waals surface area contributed by atoms with Crippen molar-refractivity contribution in [2.45, 2.75) is 58.3 Å². The first-order valence-corrected chi connectivity index (χ1v) is 13.6. The third kappa shape index (κ3) is 6.51. The van der Waals surface area contributed by atoms with E-state index < -0.39 is 23.3 Å². The fourth-order valence-electron chi connectivity index (χ4n) is 4.70. The lowest BCUT2D eigenvalue weighted by Crippen LogP contribution is -2.59. The molecule has 1 aliphatic rings. The Morgan fingerprint density at radius 1 is 0.900 bits per heavy atom. The van der Waals surface area contributed by atoms with Crippen LogP contribution in [0.25, 0.3) is 11.1 Å². The smallest absolute Gasteiger partial charge is 0.413 e. The second-order valence-corrected chi connectivity index (χ2v) is 10.6. The van der Waals surface area contributed by atoms with E-state index in [1.807, 2.05) is 49.4 Å². The van der Waals surface area contributed by atoms with Gasteiger partial charge in [0.15, 0.2) is 0 Å². The normalized spacial score (nSPS) is 17.8. The van der Waals surface area contributed by atoms with Crippen LogP contribution < -0.4 is 10.6 Å². The summed E-state index contributed by atoms with van der Waals surface area (Å²) >= 11 is 0. The van der Waals surface area contributed by atoms with Gasteiger partial charge in [0.1, 0.15) is 11.3 Å². The van der Waals surface area contributed by atoms with Gasteiger partial charge in [-0.15, -0.1) is 0 Å². The van der Waals surface area contributed by atoms with Gasteiger partial charge in [-0.1, -0.05) is 67.9 Å². The molecule has 40 heavy (non-hydrogen) atoms. The van der Waals surface area contributed by atoms with Crippen molar-refractivity contribution in [3.8, 4) is 11.1 Å². The summed E-state index contributed by atoms with van der Waals surface area (Å²) in [4.78, 5) is 40.3. The fraction of sp³-hybridized carbons (Fsp3) is 0.344. The molecular weight excluding hydrogens is 506 g/mol. The van der Waals surface area contributed by atoms with Crippen molar-refractivity contribution in [2.24, 2.45) is 0 Å². The van der Waals surface area contributed by atoms with Crippen LogP contribution in [-0.2, 0) is 20.8 Å². The molecule has 3 aromatic carbocycles. The number of nitrogens with one attached hydrogen (secondary N) is 2. The number of benzene rings is 3. The van der Waals surface area contributed by atoms with Crippen LogP contribution in [0.5, 0.6) is 0 Å². The first kappa shape index (κ1) is 28.8. The molecule has 4 rings (SSSR count). The van der Waals surface area contributed by atoms with E-state index in [-0.39, 0.29) is 19.1 Å². The predicted octanol–water partition coefficient (Wildman–Crippen LogP) is 5.99. The van der Waals surface area contributed by atoms with Crippen LogP contribution in [0.2, 0.25) is 0 Å². The number of nitrogens with zero attached hydrogens (tertiary/aromatic N) is 1. The Balaban J connectivity index is 1.34. The Kier molecular flexibility index (Phi) is 8.90. The summed E-state index contributed by atoms with van der Waals surface area (Å²) in [7, 11) is 0. The maximum atomic E-state index is 13.3. The van der Waals surface area contributed by atoms with Gasteiger partial charge in [0.05, 0.1) is 13.2 Å². The van der Waals surface area contributed by atoms with Crippen LogP contribution in [0.15, 0.2) is 78.9 Å². The number of hydrogen-bond acceptors (Lipinski definition) is 5. The quantitative estimate of drug-likeness (QED) is 0.323. The van der Waals surface area contributed by atoms with Crippen LogP contribution in [0.3, 0.4) is 0 Å². The standard InChI is InChI=1S/C32H37N3O5/c1-5-6-20-39-30(38)35-31(2,3)40-22-32(35,4)29(37)34-27-18-16-26(17-19-27)28(36)33-21-23-12-14-25(15-13-23)24-10-8-7-9-11-24/h7-19H,5-6,20-22H2,1-4H3,(H,33,36)(H,34,37). The molecule has 0 spiro atoms. The summed E-state index contributed by atoms with van der Waals surface area (Å²) in [6, 6.07) is 24.8. The number of hydrogen-bond donors (Lipinski definition) is 2. The van der Waals surface area contributed by atoms with E-state index in [4.69, 9.17) is 9.47 Å². The van der Waals surface area contributed by atoms with Gasteiger partial charge in [-0.3, -0.25) is 14.5 Å². The van der Waals surface area contributed by atoms with Crippen molar-refractivity contribution in [3.63, 3.8) is 0 Å². The SMILES string of the molecule is CCCCOC(=O)N1C(C)(C)OCC1(C)C(=O)Nc1ccc(C(=O)NCc2ccc(-c3ccccc3)cc2)cc1. The predicted molar refractivity (Wildman–Crippen MR) is 155 cm³/mol. The maximum absolute atomic E-state index is 13.3. The largest absolute Gasteiger partial charge is 0.449 e. The first-order valence-electron chi connectivity index (χ1n) is 13.6. The van der Waals surface area contributed by atoms with E-state index in [9.17, 15) is 14.4 Å². The average molecular weight is 544 g/mol. The second kappa shape index (κ2) is 12.3. The molecule has 0 bridgehead atoms. The Bertz CT molecular complexity index is 1320. The molecule has 0 radical (unpaired) electrons. The molecule has 0 aliphatic carbocycles. The van der Waals surface area contributed by atoms with E-state index >= 15 is 0 Å². The highest BCUT2D eigenvalue weighted by molar-refractivity contribution is 6.01. The molecule has 1 heterocycles. The average Bonchev–Trinajstić information content (AvgIpc) is 3.22. The molecule has 1 aliphatic heterocycles. The third-order valence-corrected chi connectivity index (χ3v) is 7.05. The van der Waals surface area contributed by atoms with E-state index in [0.717, 1.165) is 29.5 Å². The Hall–Kier alpha value is -4.17. The summed E-state index contributed by atoms with van der Waals surface area (Å²) in [6.07, 6.45) is 1.04. The zero-order valence-electron chi connectivity index (χ0n) is 23.5. The highest BCUT2D eigenvalue weighted by atomic mass is 16.6. The first-order chi connectivity index (χ1) is 19.1. The molecular formula is C32H37N3O5. The topological polar surface area (TPSA) is 97.0 Å². The monoisotopic (exact) mass is 543 g/mol. The van der Waals surface area contributed by atoms with Gasteiger partial charge in [-0.25, -0.2) is 4.79 Å². The van der Waals surface area contributed by atoms with Crippen LogP contribution in [-0.4, -0.2) is 47.3 Å². The summed E-state index contributed by atoms with van der Waals surface area (Å²) in [6.45, 7) is 7.84. The van der Waals surface area contributed by atoms with Gasteiger partial charge in [0.25, 0.3) is 11.8 Å². The minimum Gasteiger partial charge on any atom is -0.449 e. The molecule has 8 nitrogen and oxygen atoms in total. The highest BCUT2D eigenvalue weighted by Crippen LogP contribution is 2.36. The van der Waals surface area contributed by atoms with Gasteiger partial charge in [0, 0.05) is 17.8 Å². The van der Waals surface area contributed by atoms with Gasteiger partial charge < -0.3 is 20.1 Å². The molecule has 3 aromatic rings. The number of amides is 3. The number of rotatable bonds is 9. The van der Waals surface area contributed by atoms with Crippen LogP contribution in [0.4, 0.5) is 10.5 Å². The fourth-order valence-corrected chi connectivity index (χ4v) is 4.70. The second-order valence-electron chi connectivity index (χ2n) is 10.6. The van der Waals surface area contributed by atoms with Gasteiger partial charge in [-0.05, 0) is 68.1 Å². The lowest BCUT2D eigenvalue weighted by molar-refractivity contribution is -0.126. The molecule has 2 N–H and O–H groups in total. The molecule has 1 saturated heterocycles. The van der Waals surface area contributed by atoms with Crippen molar-refractivity contribution < 1.29 is 23.9 Å². The lowest BCUT2D eigenvalue weighted by atomic mass is 9.99. The molecule has 210 valence electrons. The van der Waals surface area contributed by atoms with Crippen molar-refractivity contribution >= 4 is 23.6 Å². The summed E-state index contributed by atoms with van der Waals surface area (Å²) in [5.41, 5.74) is 1.96. The van der Waals surface area contributed by atoms with Gasteiger partial charge in [0.2, 0.25) is 0 Å². The molecule has 8 heteroatoms. The number of carbonyl (C=O) groups is 3. The number of carbonyl (C=O) groups excluding carboxylic acids is 3. The van der Waals surface area contributed by atoms with Crippen molar-refractivity contribution in [1.82, 2.24) is 10.2 Å². The summed E-state index contributed by atoms with van der Waals surface area (Å²) in [5, 5.41) is 5.79. The Morgan fingerprint density at radius 2 is 1.55 bits per heavy atom. The minimum absolute atomic E-state index is 0.0293. The molecule has 1 fully saturated rings. The van der Waals surface area contributed by atoms with E-state index in [1.165, 1.54) is 4.90 Å².